The normalized spacial score (nSPS) is 23.7. The Morgan fingerprint density at radius 3 is 3.00 bits per heavy atom. The van der Waals surface area contributed by atoms with Gasteiger partial charge in [0.15, 0.2) is 0 Å². The van der Waals surface area contributed by atoms with E-state index in [-0.39, 0.29) is 11.4 Å². The first-order chi connectivity index (χ1) is 8.52. The summed E-state index contributed by atoms with van der Waals surface area (Å²) in [4.78, 5) is 12.2. The molecular formula is C13H15BrClNO2. The Balaban J connectivity index is 2.14. The summed E-state index contributed by atoms with van der Waals surface area (Å²) < 4.78 is 6.14. The predicted octanol–water partition coefficient (Wildman–Crippen LogP) is 3.40. The molecule has 1 amide bonds. The maximum Gasteiger partial charge on any atom is 0.253 e. The van der Waals surface area contributed by atoms with Crippen molar-refractivity contribution in [2.75, 3.05) is 13.2 Å². The van der Waals surface area contributed by atoms with Gasteiger partial charge in [0.25, 0.3) is 5.91 Å². The third-order valence-electron chi connectivity index (χ3n) is 3.05. The number of rotatable bonds is 2. The Morgan fingerprint density at radius 1 is 1.56 bits per heavy atom. The number of carbonyl (C=O) groups is 1. The molecule has 0 saturated carbocycles. The van der Waals surface area contributed by atoms with Crippen LogP contribution in [-0.4, -0.2) is 24.7 Å². The van der Waals surface area contributed by atoms with Crippen LogP contribution in [-0.2, 0) is 4.74 Å². The Hall–Kier alpha value is -0.580. The monoisotopic (exact) mass is 331 g/mol. The van der Waals surface area contributed by atoms with E-state index in [0.29, 0.717) is 17.2 Å². The first kappa shape index (κ1) is 13.8. The lowest BCUT2D eigenvalue weighted by Gasteiger charge is -2.34. The number of ether oxygens (including phenoxy) is 1. The summed E-state index contributed by atoms with van der Waals surface area (Å²) in [6, 6.07) is 5.32. The predicted molar refractivity (Wildman–Crippen MR) is 75.1 cm³/mol. The van der Waals surface area contributed by atoms with Crippen molar-refractivity contribution in [3.63, 3.8) is 0 Å². The van der Waals surface area contributed by atoms with Crippen molar-refractivity contribution in [3.8, 4) is 0 Å². The quantitative estimate of drug-likeness (QED) is 0.901. The summed E-state index contributed by atoms with van der Waals surface area (Å²) >= 11 is 9.43. The Morgan fingerprint density at radius 2 is 2.33 bits per heavy atom. The number of benzene rings is 1. The maximum atomic E-state index is 12.2. The zero-order valence-electron chi connectivity index (χ0n) is 10.1. The molecule has 1 aliphatic rings. The zero-order chi connectivity index (χ0) is 13.2. The lowest BCUT2D eigenvalue weighted by Crippen LogP contribution is -2.51. The van der Waals surface area contributed by atoms with E-state index in [4.69, 9.17) is 16.3 Å². The van der Waals surface area contributed by atoms with E-state index in [1.165, 1.54) is 0 Å². The third kappa shape index (κ3) is 3.05. The van der Waals surface area contributed by atoms with E-state index in [1.807, 2.05) is 13.0 Å². The molecule has 0 aliphatic carbocycles. The van der Waals surface area contributed by atoms with Crippen LogP contribution in [0, 0.1) is 0 Å². The minimum absolute atomic E-state index is 0.158. The molecule has 98 valence electrons. The van der Waals surface area contributed by atoms with Gasteiger partial charge in [-0.3, -0.25) is 4.79 Å². The van der Waals surface area contributed by atoms with Crippen LogP contribution in [0.4, 0.5) is 0 Å². The fourth-order valence-electron chi connectivity index (χ4n) is 2.05. The second kappa shape index (κ2) is 5.59. The zero-order valence-corrected chi connectivity index (χ0v) is 12.5. The summed E-state index contributed by atoms with van der Waals surface area (Å²) in [5, 5.41) is 3.45. The molecule has 18 heavy (non-hydrogen) atoms. The van der Waals surface area contributed by atoms with Crippen LogP contribution in [0.5, 0.6) is 0 Å². The molecule has 0 bridgehead atoms. The number of hydrogen-bond acceptors (Lipinski definition) is 2. The van der Waals surface area contributed by atoms with Crippen molar-refractivity contribution in [1.29, 1.82) is 0 Å². The summed E-state index contributed by atoms with van der Waals surface area (Å²) in [5.41, 5.74) is 0.180. The van der Waals surface area contributed by atoms with E-state index in [0.717, 1.165) is 23.9 Å². The summed E-state index contributed by atoms with van der Waals surface area (Å²) in [5.74, 6) is -0.158. The lowest BCUT2D eigenvalue weighted by molar-refractivity contribution is 0.0272. The molecule has 0 aromatic heterocycles. The second-order valence-corrected chi connectivity index (χ2v) is 6.00. The van der Waals surface area contributed by atoms with Gasteiger partial charge in [0, 0.05) is 11.1 Å². The molecule has 1 atom stereocenters. The Labute approximate surface area is 120 Å². The minimum atomic E-state index is -0.305. The molecule has 0 radical (unpaired) electrons. The van der Waals surface area contributed by atoms with Crippen molar-refractivity contribution in [2.45, 2.75) is 25.3 Å². The molecule has 1 aliphatic heterocycles. The van der Waals surface area contributed by atoms with Gasteiger partial charge in [0.05, 0.1) is 22.7 Å². The highest BCUT2D eigenvalue weighted by molar-refractivity contribution is 9.10. The van der Waals surface area contributed by atoms with Crippen LogP contribution < -0.4 is 5.32 Å². The van der Waals surface area contributed by atoms with E-state index in [2.05, 4.69) is 21.2 Å². The van der Waals surface area contributed by atoms with Crippen molar-refractivity contribution < 1.29 is 9.53 Å². The summed E-state index contributed by atoms with van der Waals surface area (Å²) in [7, 11) is 0. The van der Waals surface area contributed by atoms with Gasteiger partial charge in [0.2, 0.25) is 0 Å². The first-order valence-corrected chi connectivity index (χ1v) is 7.03. The fraction of sp³-hybridized carbons (Fsp3) is 0.462. The molecule has 1 fully saturated rings. The molecule has 3 nitrogen and oxygen atoms in total. The molecular weight excluding hydrogens is 318 g/mol. The van der Waals surface area contributed by atoms with Crippen LogP contribution >= 0.6 is 27.5 Å². The van der Waals surface area contributed by atoms with Gasteiger partial charge in [-0.1, -0.05) is 17.7 Å². The van der Waals surface area contributed by atoms with Gasteiger partial charge in [-0.25, -0.2) is 0 Å². The number of amides is 1. The van der Waals surface area contributed by atoms with Crippen LogP contribution in [0.25, 0.3) is 0 Å². The van der Waals surface area contributed by atoms with Crippen molar-refractivity contribution in [1.82, 2.24) is 5.32 Å². The van der Waals surface area contributed by atoms with Gasteiger partial charge >= 0.3 is 0 Å². The largest absolute Gasteiger partial charge is 0.379 e. The second-order valence-electron chi connectivity index (χ2n) is 4.77. The van der Waals surface area contributed by atoms with Crippen molar-refractivity contribution >= 4 is 33.4 Å². The number of hydrogen-bond donors (Lipinski definition) is 1. The van der Waals surface area contributed by atoms with Crippen LogP contribution in [0.15, 0.2) is 22.7 Å². The average molecular weight is 333 g/mol. The summed E-state index contributed by atoms with van der Waals surface area (Å²) in [6.45, 7) is 3.31. The molecule has 1 aromatic carbocycles. The van der Waals surface area contributed by atoms with Crippen molar-refractivity contribution in [2.24, 2.45) is 0 Å². The van der Waals surface area contributed by atoms with Gasteiger partial charge in [-0.15, -0.1) is 0 Å². The number of halogens is 2. The van der Waals surface area contributed by atoms with Gasteiger partial charge in [0.1, 0.15) is 0 Å². The molecule has 0 unspecified atom stereocenters. The Kier molecular flexibility index (Phi) is 4.30. The van der Waals surface area contributed by atoms with Gasteiger partial charge < -0.3 is 10.1 Å². The molecule has 0 spiro atoms. The SMILES string of the molecule is C[C@@]1(NC(=O)c2cccc(Br)c2Cl)CCCOC1. The van der Waals surface area contributed by atoms with Gasteiger partial charge in [-0.05, 0) is 47.8 Å². The van der Waals surface area contributed by atoms with Crippen LogP contribution in [0.1, 0.15) is 30.1 Å². The maximum absolute atomic E-state index is 12.2. The molecule has 1 saturated heterocycles. The smallest absolute Gasteiger partial charge is 0.253 e. The minimum Gasteiger partial charge on any atom is -0.379 e. The molecule has 2 rings (SSSR count). The van der Waals surface area contributed by atoms with Crippen LogP contribution in [0.3, 0.4) is 0 Å². The number of nitrogens with one attached hydrogen (secondary N) is 1. The van der Waals surface area contributed by atoms with Crippen molar-refractivity contribution in [3.05, 3.63) is 33.3 Å². The molecule has 1 N–H and O–H groups in total. The summed E-state index contributed by atoms with van der Waals surface area (Å²) in [6.07, 6.45) is 1.88. The Bertz CT molecular complexity index is 458. The standard InChI is InChI=1S/C13H15BrClNO2/c1-13(6-3-7-18-8-13)16-12(17)9-4-2-5-10(14)11(9)15/h2,4-5H,3,6-8H2,1H3,(H,16,17)/t13-/m1/s1. The number of carbonyl (C=O) groups excluding carboxylic acids is 1. The fourth-order valence-corrected chi connectivity index (χ4v) is 2.63. The lowest BCUT2D eigenvalue weighted by atomic mass is 9.94. The first-order valence-electron chi connectivity index (χ1n) is 5.86. The van der Waals surface area contributed by atoms with E-state index < -0.39 is 0 Å². The highest BCUT2D eigenvalue weighted by Gasteiger charge is 2.30. The van der Waals surface area contributed by atoms with Gasteiger partial charge in [-0.2, -0.15) is 0 Å². The average Bonchev–Trinajstić information content (AvgIpc) is 2.33. The molecule has 1 heterocycles. The molecule has 1 aromatic rings. The third-order valence-corrected chi connectivity index (χ3v) is 4.35. The molecule has 5 heteroatoms. The topological polar surface area (TPSA) is 38.3 Å². The highest BCUT2D eigenvalue weighted by Crippen LogP contribution is 2.27. The van der Waals surface area contributed by atoms with E-state index in [9.17, 15) is 4.79 Å². The van der Waals surface area contributed by atoms with E-state index in [1.54, 1.807) is 12.1 Å². The van der Waals surface area contributed by atoms with E-state index >= 15 is 0 Å². The highest BCUT2D eigenvalue weighted by atomic mass is 79.9. The van der Waals surface area contributed by atoms with Crippen LogP contribution in [0.2, 0.25) is 5.02 Å².